The van der Waals surface area contributed by atoms with Crippen LogP contribution in [0.1, 0.15) is 34.9 Å². The van der Waals surface area contributed by atoms with Gasteiger partial charge in [-0.05, 0) is 25.3 Å². The lowest BCUT2D eigenvalue weighted by Gasteiger charge is -2.07. The van der Waals surface area contributed by atoms with Crippen molar-refractivity contribution in [3.63, 3.8) is 0 Å². The maximum atomic E-state index is 11.9. The zero-order chi connectivity index (χ0) is 18.8. The fourth-order valence-corrected chi connectivity index (χ4v) is 2.49. The number of amides is 1. The van der Waals surface area contributed by atoms with Gasteiger partial charge in [0.05, 0.1) is 6.26 Å². The van der Waals surface area contributed by atoms with Gasteiger partial charge in [0.15, 0.2) is 0 Å². The summed E-state index contributed by atoms with van der Waals surface area (Å²) in [4.78, 5) is 27.8. The molecule has 4 rings (SSSR count). The number of benzene rings is 1. The topological polar surface area (TPSA) is 107 Å². The molecular formula is C19H17N3O5. The fourth-order valence-electron chi connectivity index (χ4n) is 2.49. The Morgan fingerprint density at radius 1 is 1.26 bits per heavy atom. The number of carbonyl (C=O) groups is 1. The average molecular weight is 367 g/mol. The van der Waals surface area contributed by atoms with Crippen molar-refractivity contribution in [2.75, 3.05) is 0 Å². The molecule has 1 fully saturated rings. The van der Waals surface area contributed by atoms with Crippen molar-refractivity contribution in [3.05, 3.63) is 64.0 Å². The Kier molecular flexibility index (Phi) is 4.45. The first kappa shape index (κ1) is 17.0. The third kappa shape index (κ3) is 3.89. The minimum Gasteiger partial charge on any atom is -0.482 e. The number of hydrogen-bond acceptors (Lipinski definition) is 7. The van der Waals surface area contributed by atoms with E-state index in [9.17, 15) is 9.59 Å². The number of aryl methyl sites for hydroxylation is 1. The molecule has 0 aliphatic heterocycles. The molecule has 0 bridgehead atoms. The maximum absolute atomic E-state index is 11.9. The minimum absolute atomic E-state index is 0.0458. The van der Waals surface area contributed by atoms with Crippen molar-refractivity contribution in [1.82, 2.24) is 15.5 Å². The van der Waals surface area contributed by atoms with Gasteiger partial charge in [0.2, 0.25) is 17.0 Å². The molecule has 2 heterocycles. The van der Waals surface area contributed by atoms with Crippen molar-refractivity contribution in [1.29, 1.82) is 0 Å². The summed E-state index contributed by atoms with van der Waals surface area (Å²) in [5, 5.41) is 6.65. The second-order valence-corrected chi connectivity index (χ2v) is 6.33. The summed E-state index contributed by atoms with van der Waals surface area (Å²) in [6.45, 7) is 1.89. The molecule has 2 aromatic heterocycles. The molecule has 27 heavy (non-hydrogen) atoms. The molecule has 3 aromatic rings. The van der Waals surface area contributed by atoms with Crippen molar-refractivity contribution in [2.24, 2.45) is 0 Å². The minimum atomic E-state index is -0.349. The maximum Gasteiger partial charge on any atom is 0.316 e. The Bertz CT molecular complexity index is 1020. The van der Waals surface area contributed by atoms with E-state index in [1.165, 1.54) is 12.3 Å². The van der Waals surface area contributed by atoms with Crippen LogP contribution in [0.5, 0.6) is 5.75 Å². The molecule has 8 nitrogen and oxygen atoms in total. The lowest BCUT2D eigenvalue weighted by atomic mass is 10.1. The van der Waals surface area contributed by atoms with Gasteiger partial charge in [-0.3, -0.25) is 9.59 Å². The second-order valence-electron chi connectivity index (χ2n) is 6.33. The SMILES string of the molecule is Cc1occc(=O)c1OCc1ccc(-c2noc(C(=O)NC3CC3)n2)cc1. The van der Waals surface area contributed by atoms with Gasteiger partial charge in [-0.1, -0.05) is 29.4 Å². The standard InChI is InChI=1S/C19H17N3O5/c1-11-16(15(23)8-9-25-11)26-10-12-2-4-13(5-3-12)17-21-19(27-22-17)18(24)20-14-6-7-14/h2-5,8-9,14H,6-7,10H2,1H3,(H,20,24). The molecule has 1 aliphatic carbocycles. The van der Waals surface area contributed by atoms with Crippen LogP contribution in [0, 0.1) is 6.92 Å². The number of ether oxygens (including phenoxy) is 1. The van der Waals surface area contributed by atoms with Crippen LogP contribution in [0.15, 0.2) is 50.3 Å². The van der Waals surface area contributed by atoms with Gasteiger partial charge >= 0.3 is 11.8 Å². The molecule has 138 valence electrons. The van der Waals surface area contributed by atoms with Gasteiger partial charge in [-0.25, -0.2) is 0 Å². The Hall–Kier alpha value is -3.42. The van der Waals surface area contributed by atoms with E-state index in [0.29, 0.717) is 17.1 Å². The van der Waals surface area contributed by atoms with E-state index in [4.69, 9.17) is 13.7 Å². The largest absolute Gasteiger partial charge is 0.482 e. The first-order valence-electron chi connectivity index (χ1n) is 8.55. The Morgan fingerprint density at radius 3 is 2.74 bits per heavy atom. The number of carbonyl (C=O) groups excluding carboxylic acids is 1. The molecule has 0 radical (unpaired) electrons. The van der Waals surface area contributed by atoms with Crippen molar-refractivity contribution in [3.8, 4) is 17.1 Å². The molecule has 1 N–H and O–H groups in total. The van der Waals surface area contributed by atoms with Crippen molar-refractivity contribution < 1.29 is 18.5 Å². The number of hydrogen-bond donors (Lipinski definition) is 1. The highest BCUT2D eigenvalue weighted by atomic mass is 16.5. The first-order chi connectivity index (χ1) is 13.1. The highest BCUT2D eigenvalue weighted by molar-refractivity contribution is 5.90. The summed E-state index contributed by atoms with van der Waals surface area (Å²) in [5.74, 6) is 0.575. The van der Waals surface area contributed by atoms with Gasteiger partial charge in [-0.15, -0.1) is 0 Å². The molecule has 0 spiro atoms. The zero-order valence-corrected chi connectivity index (χ0v) is 14.6. The molecule has 1 saturated carbocycles. The van der Waals surface area contributed by atoms with E-state index >= 15 is 0 Å². The van der Waals surface area contributed by atoms with Crippen LogP contribution in [0.25, 0.3) is 11.4 Å². The molecule has 8 heteroatoms. The molecule has 1 aromatic carbocycles. The fraction of sp³-hybridized carbons (Fsp3) is 0.263. The van der Waals surface area contributed by atoms with E-state index < -0.39 is 0 Å². The molecule has 1 amide bonds. The lowest BCUT2D eigenvalue weighted by Crippen LogP contribution is -2.25. The third-order valence-electron chi connectivity index (χ3n) is 4.14. The second kappa shape index (κ2) is 7.06. The van der Waals surface area contributed by atoms with Crippen LogP contribution < -0.4 is 15.5 Å². The quantitative estimate of drug-likeness (QED) is 0.713. The number of nitrogens with zero attached hydrogens (tertiary/aromatic N) is 2. The van der Waals surface area contributed by atoms with Crippen LogP contribution in [-0.4, -0.2) is 22.1 Å². The summed E-state index contributed by atoms with van der Waals surface area (Å²) in [5.41, 5.74) is 1.35. The average Bonchev–Trinajstić information content (AvgIpc) is 3.33. The highest BCUT2D eigenvalue weighted by Gasteiger charge is 2.26. The Labute approximate surface area is 154 Å². The summed E-state index contributed by atoms with van der Waals surface area (Å²) < 4.78 is 15.8. The van der Waals surface area contributed by atoms with Crippen LogP contribution in [0.2, 0.25) is 0 Å². The number of aromatic nitrogens is 2. The van der Waals surface area contributed by atoms with Crippen molar-refractivity contribution in [2.45, 2.75) is 32.4 Å². The normalized spacial score (nSPS) is 13.4. The highest BCUT2D eigenvalue weighted by Crippen LogP contribution is 2.21. The van der Waals surface area contributed by atoms with Gasteiger partial charge < -0.3 is 19.0 Å². The van der Waals surface area contributed by atoms with E-state index in [1.807, 2.05) is 12.1 Å². The third-order valence-corrected chi connectivity index (χ3v) is 4.14. The predicted octanol–water partition coefficient (Wildman–Crippen LogP) is 2.47. The van der Waals surface area contributed by atoms with Gasteiger partial charge in [-0.2, -0.15) is 4.98 Å². The van der Waals surface area contributed by atoms with Gasteiger partial charge in [0.25, 0.3) is 0 Å². The summed E-state index contributed by atoms with van der Waals surface area (Å²) >= 11 is 0. The molecule has 0 unspecified atom stereocenters. The van der Waals surface area contributed by atoms with Crippen LogP contribution in [0.3, 0.4) is 0 Å². The van der Waals surface area contributed by atoms with E-state index in [2.05, 4.69) is 15.5 Å². The van der Waals surface area contributed by atoms with E-state index in [0.717, 1.165) is 18.4 Å². The smallest absolute Gasteiger partial charge is 0.316 e. The number of rotatable bonds is 6. The van der Waals surface area contributed by atoms with Gasteiger partial charge in [0.1, 0.15) is 12.4 Å². The van der Waals surface area contributed by atoms with Crippen LogP contribution >= 0.6 is 0 Å². The van der Waals surface area contributed by atoms with Crippen molar-refractivity contribution >= 4 is 5.91 Å². The van der Waals surface area contributed by atoms with E-state index in [-0.39, 0.29) is 35.6 Å². The van der Waals surface area contributed by atoms with Crippen LogP contribution in [0.4, 0.5) is 0 Å². The summed E-state index contributed by atoms with van der Waals surface area (Å²) in [7, 11) is 0. The lowest BCUT2D eigenvalue weighted by molar-refractivity contribution is 0.0907. The Balaban J connectivity index is 1.42. The Morgan fingerprint density at radius 2 is 2.04 bits per heavy atom. The van der Waals surface area contributed by atoms with Gasteiger partial charge in [0, 0.05) is 17.7 Å². The number of nitrogens with one attached hydrogen (secondary N) is 1. The van der Waals surface area contributed by atoms with Crippen LogP contribution in [-0.2, 0) is 6.61 Å². The predicted molar refractivity (Wildman–Crippen MR) is 94.3 cm³/mol. The monoisotopic (exact) mass is 367 g/mol. The molecule has 0 atom stereocenters. The first-order valence-corrected chi connectivity index (χ1v) is 8.55. The summed E-state index contributed by atoms with van der Waals surface area (Å²) in [6, 6.07) is 8.80. The summed E-state index contributed by atoms with van der Waals surface area (Å²) in [6.07, 6.45) is 3.31. The molecular weight excluding hydrogens is 350 g/mol. The molecule has 1 aliphatic rings. The molecule has 0 saturated heterocycles. The van der Waals surface area contributed by atoms with E-state index in [1.54, 1.807) is 19.1 Å². The zero-order valence-electron chi connectivity index (χ0n) is 14.6.